The van der Waals surface area contributed by atoms with Crippen molar-refractivity contribution in [3.8, 4) is 11.1 Å². The first-order valence-electron chi connectivity index (χ1n) is 15.3. The molecule has 0 N–H and O–H groups in total. The Morgan fingerprint density at radius 3 is 1.90 bits per heavy atom. The predicted molar refractivity (Wildman–Crippen MR) is 179 cm³/mol. The van der Waals surface area contributed by atoms with E-state index in [1.54, 1.807) is 12.1 Å². The lowest BCUT2D eigenvalue weighted by Gasteiger charge is -2.43. The molecule has 0 aliphatic rings. The quantitative estimate of drug-likeness (QED) is 0.123. The highest BCUT2D eigenvalue weighted by molar-refractivity contribution is 6.99. The fraction of sp³-hybridized carbons (Fsp3) is 0.342. The number of aromatic nitrogens is 1. The van der Waals surface area contributed by atoms with Crippen molar-refractivity contribution in [3.63, 3.8) is 0 Å². The minimum Gasteiger partial charge on any atom is -0.403 e. The molecule has 4 heteroatoms. The highest BCUT2D eigenvalue weighted by Gasteiger charge is 2.50. The summed E-state index contributed by atoms with van der Waals surface area (Å²) in [7, 11) is -2.80. The van der Waals surface area contributed by atoms with Crippen molar-refractivity contribution in [2.75, 3.05) is 0 Å². The minimum atomic E-state index is -2.80. The van der Waals surface area contributed by atoms with Crippen LogP contribution >= 0.6 is 0 Å². The van der Waals surface area contributed by atoms with Crippen LogP contribution in [0.2, 0.25) is 5.04 Å². The van der Waals surface area contributed by atoms with Gasteiger partial charge in [-0.1, -0.05) is 134 Å². The van der Waals surface area contributed by atoms with E-state index in [1.807, 2.05) is 18.2 Å². The zero-order chi connectivity index (χ0) is 30.3. The molecule has 0 aliphatic heterocycles. The Hall–Kier alpha value is -3.34. The summed E-state index contributed by atoms with van der Waals surface area (Å²) in [6, 6.07) is 28.4. The maximum Gasteiger partial charge on any atom is 0.261 e. The second-order valence-electron chi connectivity index (χ2n) is 12.5. The molecule has 0 atom stereocenters. The molecule has 0 fully saturated rings. The van der Waals surface area contributed by atoms with Gasteiger partial charge in [-0.2, -0.15) is 0 Å². The third kappa shape index (κ3) is 6.50. The number of benzene rings is 3. The van der Waals surface area contributed by atoms with Crippen molar-refractivity contribution in [2.24, 2.45) is 0 Å². The van der Waals surface area contributed by atoms with E-state index in [-0.39, 0.29) is 16.8 Å². The lowest BCUT2D eigenvalue weighted by atomic mass is 9.87. The molecule has 1 aromatic heterocycles. The van der Waals surface area contributed by atoms with Crippen LogP contribution in [0.4, 0.5) is 4.39 Å². The summed E-state index contributed by atoms with van der Waals surface area (Å²) in [5.74, 6) is -0.0659. The fourth-order valence-corrected chi connectivity index (χ4v) is 10.7. The van der Waals surface area contributed by atoms with Gasteiger partial charge in [0.05, 0.1) is 12.3 Å². The van der Waals surface area contributed by atoms with Crippen molar-refractivity contribution < 1.29 is 8.82 Å². The van der Waals surface area contributed by atoms with E-state index in [4.69, 9.17) is 9.41 Å². The van der Waals surface area contributed by atoms with Gasteiger partial charge in [0.25, 0.3) is 8.32 Å². The van der Waals surface area contributed by atoms with Gasteiger partial charge in [0.1, 0.15) is 5.82 Å². The Morgan fingerprint density at radius 2 is 1.43 bits per heavy atom. The van der Waals surface area contributed by atoms with Crippen molar-refractivity contribution in [1.82, 2.24) is 4.98 Å². The second-order valence-corrected chi connectivity index (χ2v) is 16.8. The molecule has 0 saturated heterocycles. The predicted octanol–water partition coefficient (Wildman–Crippen LogP) is 9.46. The fourth-order valence-electron chi connectivity index (χ4n) is 6.21. The van der Waals surface area contributed by atoms with Gasteiger partial charge in [0.2, 0.25) is 0 Å². The maximum absolute atomic E-state index is 14.2. The lowest BCUT2D eigenvalue weighted by Crippen LogP contribution is -2.66. The van der Waals surface area contributed by atoms with Gasteiger partial charge in [-0.15, -0.1) is 0 Å². The summed E-state index contributed by atoms with van der Waals surface area (Å²) in [5, 5.41) is 2.34. The minimum absolute atomic E-state index is 0.151. The Bertz CT molecular complexity index is 1420. The van der Waals surface area contributed by atoms with Crippen molar-refractivity contribution in [1.29, 1.82) is 0 Å². The molecular formula is C38H46FNOSi. The van der Waals surface area contributed by atoms with Crippen molar-refractivity contribution in [3.05, 3.63) is 120 Å². The summed E-state index contributed by atoms with van der Waals surface area (Å²) in [6.45, 7) is 18.1. The summed E-state index contributed by atoms with van der Waals surface area (Å²) in [5.41, 5.74) is 6.33. The Kier molecular flexibility index (Phi) is 10.3. The molecule has 3 aromatic carbocycles. The smallest absolute Gasteiger partial charge is 0.261 e. The molecule has 1 heterocycles. The number of hydrogen-bond donors (Lipinski definition) is 0. The van der Waals surface area contributed by atoms with E-state index in [0.29, 0.717) is 6.61 Å². The monoisotopic (exact) mass is 579 g/mol. The Labute approximate surface area is 253 Å². The highest BCUT2D eigenvalue weighted by Crippen LogP contribution is 2.40. The van der Waals surface area contributed by atoms with E-state index >= 15 is 0 Å². The third-order valence-electron chi connectivity index (χ3n) is 8.22. The molecule has 42 heavy (non-hydrogen) atoms. The largest absolute Gasteiger partial charge is 0.403 e. The SMILES string of the molecule is C=Cc1nc(C(C)C)c(CO[Si](c2ccccc2)(c2ccccc2)C(C)(C)C)c(-c2ccc(F)cc2)c1CCCCC. The van der Waals surface area contributed by atoms with Crippen molar-refractivity contribution >= 4 is 24.8 Å². The van der Waals surface area contributed by atoms with Crippen LogP contribution < -0.4 is 10.4 Å². The van der Waals surface area contributed by atoms with Gasteiger partial charge in [0.15, 0.2) is 0 Å². The molecular weight excluding hydrogens is 534 g/mol. The summed E-state index contributed by atoms with van der Waals surface area (Å²) < 4.78 is 21.7. The standard InChI is InChI=1S/C38H46FNOSi/c1-8-10-13-22-33-35(9-2)40-37(28(3)4)34(36(33)29-23-25-30(39)26-24-29)27-41-42(38(5,6)7,31-18-14-11-15-19-31)32-20-16-12-17-21-32/h9,11-12,14-21,23-26,28H,2,8,10,13,22,27H2,1,3-7H3. The molecule has 4 aromatic rings. The molecule has 0 aliphatic carbocycles. The number of rotatable bonds is 12. The van der Waals surface area contributed by atoms with Crippen LogP contribution in [0.1, 0.15) is 89.2 Å². The van der Waals surface area contributed by atoms with E-state index in [9.17, 15) is 4.39 Å². The molecule has 0 saturated carbocycles. The molecule has 0 radical (unpaired) electrons. The molecule has 220 valence electrons. The number of halogens is 1. The average molecular weight is 580 g/mol. The summed E-state index contributed by atoms with van der Waals surface area (Å²) in [6.07, 6.45) is 6.10. The number of hydrogen-bond acceptors (Lipinski definition) is 2. The maximum atomic E-state index is 14.2. The van der Waals surface area contributed by atoms with Crippen LogP contribution in [0, 0.1) is 5.82 Å². The topological polar surface area (TPSA) is 22.1 Å². The average Bonchev–Trinajstić information content (AvgIpc) is 2.98. The number of pyridine rings is 1. The van der Waals surface area contributed by atoms with Crippen LogP contribution in [0.5, 0.6) is 0 Å². The number of nitrogens with zero attached hydrogens (tertiary/aromatic N) is 1. The lowest BCUT2D eigenvalue weighted by molar-refractivity contribution is 0.284. The van der Waals surface area contributed by atoms with Gasteiger partial charge in [-0.25, -0.2) is 4.39 Å². The zero-order valence-corrected chi connectivity index (χ0v) is 27.2. The van der Waals surface area contributed by atoms with Gasteiger partial charge >= 0.3 is 0 Å². The van der Waals surface area contributed by atoms with Crippen LogP contribution in [0.25, 0.3) is 17.2 Å². The molecule has 2 nitrogen and oxygen atoms in total. The molecule has 0 amide bonds. The van der Waals surface area contributed by atoms with Crippen molar-refractivity contribution in [2.45, 2.75) is 84.8 Å². The Morgan fingerprint density at radius 1 is 0.857 bits per heavy atom. The first-order chi connectivity index (χ1) is 20.1. The molecule has 4 rings (SSSR count). The first kappa shape index (κ1) is 31.6. The molecule has 0 spiro atoms. The summed E-state index contributed by atoms with van der Waals surface area (Å²) >= 11 is 0. The molecule has 0 unspecified atom stereocenters. The van der Waals surface area contributed by atoms with Gasteiger partial charge in [0, 0.05) is 11.3 Å². The van der Waals surface area contributed by atoms with Crippen LogP contribution in [-0.2, 0) is 17.5 Å². The van der Waals surface area contributed by atoms with E-state index in [2.05, 4.69) is 109 Å². The van der Waals surface area contributed by atoms with Gasteiger partial charge in [-0.05, 0) is 69.1 Å². The molecule has 0 bridgehead atoms. The zero-order valence-electron chi connectivity index (χ0n) is 26.2. The number of unbranched alkanes of at least 4 members (excludes halogenated alkanes) is 2. The van der Waals surface area contributed by atoms with E-state index in [0.717, 1.165) is 53.8 Å². The second kappa shape index (κ2) is 13.8. The van der Waals surface area contributed by atoms with Gasteiger partial charge in [-0.3, -0.25) is 4.98 Å². The van der Waals surface area contributed by atoms with Crippen LogP contribution in [0.15, 0.2) is 91.5 Å². The highest BCUT2D eigenvalue weighted by atomic mass is 28.4. The van der Waals surface area contributed by atoms with Crippen LogP contribution in [-0.4, -0.2) is 13.3 Å². The Balaban J connectivity index is 1.99. The van der Waals surface area contributed by atoms with Gasteiger partial charge < -0.3 is 4.43 Å². The normalized spacial score (nSPS) is 12.1. The first-order valence-corrected chi connectivity index (χ1v) is 17.2. The summed E-state index contributed by atoms with van der Waals surface area (Å²) in [4.78, 5) is 5.22. The third-order valence-corrected chi connectivity index (χ3v) is 13.2. The van der Waals surface area contributed by atoms with Crippen LogP contribution in [0.3, 0.4) is 0 Å². The van der Waals surface area contributed by atoms with E-state index < -0.39 is 8.32 Å². The van der Waals surface area contributed by atoms with E-state index in [1.165, 1.54) is 15.9 Å².